The van der Waals surface area contributed by atoms with Gasteiger partial charge >= 0.3 is 0 Å². The minimum absolute atomic E-state index is 0.526. The summed E-state index contributed by atoms with van der Waals surface area (Å²) in [4.78, 5) is 2.63. The van der Waals surface area contributed by atoms with Crippen LogP contribution in [0, 0.1) is 0 Å². The molecule has 3 rings (SSSR count). The first kappa shape index (κ1) is 12.6. The standard InChI is InChI=1S/C14H18Cl2N2/c1-9-6-11(8-18(9)12-3-4-12)17-10-2-5-13(15)14(16)7-10/h2,5,7,9,11-12,17H,3-4,6,8H2,1H3. The number of hydrogen-bond acceptors (Lipinski definition) is 2. The Bertz CT molecular complexity index is 445. The van der Waals surface area contributed by atoms with Crippen LogP contribution in [0.4, 0.5) is 5.69 Å². The van der Waals surface area contributed by atoms with E-state index in [0.29, 0.717) is 22.1 Å². The van der Waals surface area contributed by atoms with Crippen molar-refractivity contribution in [1.29, 1.82) is 0 Å². The molecule has 0 radical (unpaired) electrons. The molecule has 4 heteroatoms. The highest BCUT2D eigenvalue weighted by atomic mass is 35.5. The van der Waals surface area contributed by atoms with E-state index in [-0.39, 0.29) is 0 Å². The topological polar surface area (TPSA) is 15.3 Å². The number of halogens is 2. The van der Waals surface area contributed by atoms with Gasteiger partial charge in [0.1, 0.15) is 0 Å². The maximum atomic E-state index is 6.03. The molecule has 18 heavy (non-hydrogen) atoms. The Kier molecular flexibility index (Phi) is 3.44. The molecule has 1 aliphatic carbocycles. The monoisotopic (exact) mass is 284 g/mol. The van der Waals surface area contributed by atoms with Gasteiger partial charge in [-0.3, -0.25) is 4.90 Å². The Morgan fingerprint density at radius 3 is 2.67 bits per heavy atom. The number of benzene rings is 1. The van der Waals surface area contributed by atoms with E-state index in [0.717, 1.165) is 18.3 Å². The van der Waals surface area contributed by atoms with Gasteiger partial charge in [0.05, 0.1) is 10.0 Å². The molecule has 0 spiro atoms. The van der Waals surface area contributed by atoms with E-state index in [2.05, 4.69) is 17.1 Å². The molecule has 2 nitrogen and oxygen atoms in total. The van der Waals surface area contributed by atoms with Crippen LogP contribution in [0.1, 0.15) is 26.2 Å². The van der Waals surface area contributed by atoms with Gasteiger partial charge in [0.2, 0.25) is 0 Å². The molecule has 1 aromatic carbocycles. The molecule has 1 aromatic rings. The first-order valence-corrected chi connectivity index (χ1v) is 7.36. The zero-order valence-corrected chi connectivity index (χ0v) is 12.0. The van der Waals surface area contributed by atoms with Crippen molar-refractivity contribution in [3.63, 3.8) is 0 Å². The van der Waals surface area contributed by atoms with Crippen molar-refractivity contribution in [3.8, 4) is 0 Å². The van der Waals surface area contributed by atoms with Crippen molar-refractivity contribution >= 4 is 28.9 Å². The van der Waals surface area contributed by atoms with E-state index in [1.54, 1.807) is 0 Å². The Morgan fingerprint density at radius 2 is 2.00 bits per heavy atom. The van der Waals surface area contributed by atoms with Crippen molar-refractivity contribution < 1.29 is 0 Å². The van der Waals surface area contributed by atoms with Gasteiger partial charge in [-0.2, -0.15) is 0 Å². The van der Waals surface area contributed by atoms with E-state index in [1.165, 1.54) is 19.3 Å². The summed E-state index contributed by atoms with van der Waals surface area (Å²) >= 11 is 12.0. The Hall–Kier alpha value is -0.440. The summed E-state index contributed by atoms with van der Waals surface area (Å²) < 4.78 is 0. The summed E-state index contributed by atoms with van der Waals surface area (Å²) in [5.41, 5.74) is 1.07. The van der Waals surface area contributed by atoms with E-state index < -0.39 is 0 Å². The highest BCUT2D eigenvalue weighted by Crippen LogP contribution is 2.34. The lowest BCUT2D eigenvalue weighted by atomic mass is 10.2. The zero-order chi connectivity index (χ0) is 12.7. The SMILES string of the molecule is CC1CC(Nc2ccc(Cl)c(Cl)c2)CN1C1CC1. The molecule has 1 heterocycles. The fourth-order valence-electron chi connectivity index (χ4n) is 2.90. The third-order valence-electron chi connectivity index (χ3n) is 3.93. The van der Waals surface area contributed by atoms with Crippen LogP contribution in [-0.2, 0) is 0 Å². The van der Waals surface area contributed by atoms with Gasteiger partial charge in [-0.05, 0) is 44.4 Å². The number of nitrogens with zero attached hydrogens (tertiary/aromatic N) is 1. The normalized spacial score (nSPS) is 28.6. The second-order valence-electron chi connectivity index (χ2n) is 5.48. The van der Waals surface area contributed by atoms with Gasteiger partial charge in [-0.1, -0.05) is 23.2 Å². The van der Waals surface area contributed by atoms with Crippen LogP contribution < -0.4 is 5.32 Å². The van der Waals surface area contributed by atoms with Crippen LogP contribution >= 0.6 is 23.2 Å². The van der Waals surface area contributed by atoms with E-state index in [9.17, 15) is 0 Å². The molecule has 0 aromatic heterocycles. The first-order valence-electron chi connectivity index (χ1n) is 6.61. The summed E-state index contributed by atoms with van der Waals surface area (Å²) in [6, 6.07) is 7.83. The van der Waals surface area contributed by atoms with Crippen molar-refractivity contribution in [3.05, 3.63) is 28.2 Å². The van der Waals surface area contributed by atoms with Gasteiger partial charge in [0, 0.05) is 30.4 Å². The molecule has 1 saturated heterocycles. The maximum Gasteiger partial charge on any atom is 0.0612 e. The second kappa shape index (κ2) is 4.92. The van der Waals surface area contributed by atoms with Gasteiger partial charge in [-0.15, -0.1) is 0 Å². The average molecular weight is 285 g/mol. The van der Waals surface area contributed by atoms with Crippen molar-refractivity contribution in [2.45, 2.75) is 44.3 Å². The van der Waals surface area contributed by atoms with Crippen LogP contribution in [-0.4, -0.2) is 29.6 Å². The van der Waals surface area contributed by atoms with Gasteiger partial charge in [0.25, 0.3) is 0 Å². The molecule has 0 bridgehead atoms. The molecular formula is C14H18Cl2N2. The highest BCUT2D eigenvalue weighted by molar-refractivity contribution is 6.42. The quantitative estimate of drug-likeness (QED) is 0.902. The molecule has 2 atom stereocenters. The highest BCUT2D eigenvalue weighted by Gasteiger charge is 2.38. The van der Waals surface area contributed by atoms with Crippen LogP contribution in [0.5, 0.6) is 0 Å². The summed E-state index contributed by atoms with van der Waals surface area (Å²) in [7, 11) is 0. The predicted molar refractivity (Wildman–Crippen MR) is 77.7 cm³/mol. The molecule has 1 aliphatic heterocycles. The molecule has 2 aliphatic rings. The van der Waals surface area contributed by atoms with E-state index in [4.69, 9.17) is 23.2 Å². The van der Waals surface area contributed by atoms with Crippen LogP contribution in [0.3, 0.4) is 0 Å². The van der Waals surface area contributed by atoms with Crippen molar-refractivity contribution in [2.75, 3.05) is 11.9 Å². The second-order valence-corrected chi connectivity index (χ2v) is 6.30. The average Bonchev–Trinajstić information content (AvgIpc) is 3.09. The number of hydrogen-bond donors (Lipinski definition) is 1. The van der Waals surface area contributed by atoms with Gasteiger partial charge in [0.15, 0.2) is 0 Å². The summed E-state index contributed by atoms with van der Waals surface area (Å²) in [5, 5.41) is 4.80. The molecule has 2 fully saturated rings. The first-order chi connectivity index (χ1) is 8.63. The lowest BCUT2D eigenvalue weighted by Gasteiger charge is -2.20. The minimum Gasteiger partial charge on any atom is -0.381 e. The minimum atomic E-state index is 0.526. The number of anilines is 1. The number of rotatable bonds is 3. The summed E-state index contributed by atoms with van der Waals surface area (Å²) in [6.45, 7) is 3.47. The Morgan fingerprint density at radius 1 is 1.22 bits per heavy atom. The van der Waals surface area contributed by atoms with Crippen molar-refractivity contribution in [1.82, 2.24) is 4.90 Å². The molecule has 2 unspecified atom stereocenters. The summed E-state index contributed by atoms with van der Waals surface area (Å²) in [5.74, 6) is 0. The van der Waals surface area contributed by atoms with Gasteiger partial charge in [-0.25, -0.2) is 0 Å². The number of likely N-dealkylation sites (tertiary alicyclic amines) is 1. The smallest absolute Gasteiger partial charge is 0.0612 e. The molecule has 1 N–H and O–H groups in total. The predicted octanol–water partition coefficient (Wildman–Crippen LogP) is 4.03. The molecular weight excluding hydrogens is 267 g/mol. The summed E-state index contributed by atoms with van der Waals surface area (Å²) in [6.07, 6.45) is 3.96. The molecule has 98 valence electrons. The zero-order valence-electron chi connectivity index (χ0n) is 10.5. The lowest BCUT2D eigenvalue weighted by Crippen LogP contribution is -2.30. The number of nitrogens with one attached hydrogen (secondary N) is 1. The van der Waals surface area contributed by atoms with Crippen LogP contribution in [0.25, 0.3) is 0 Å². The van der Waals surface area contributed by atoms with Crippen LogP contribution in [0.2, 0.25) is 10.0 Å². The fourth-order valence-corrected chi connectivity index (χ4v) is 3.20. The third kappa shape index (κ3) is 2.61. The van der Waals surface area contributed by atoms with Gasteiger partial charge < -0.3 is 5.32 Å². The molecule has 0 amide bonds. The van der Waals surface area contributed by atoms with E-state index >= 15 is 0 Å². The maximum absolute atomic E-state index is 6.03. The lowest BCUT2D eigenvalue weighted by molar-refractivity contribution is 0.257. The van der Waals surface area contributed by atoms with Crippen molar-refractivity contribution in [2.24, 2.45) is 0 Å². The Balaban J connectivity index is 1.64. The third-order valence-corrected chi connectivity index (χ3v) is 4.67. The van der Waals surface area contributed by atoms with Crippen LogP contribution in [0.15, 0.2) is 18.2 Å². The van der Waals surface area contributed by atoms with E-state index in [1.807, 2.05) is 18.2 Å². The largest absolute Gasteiger partial charge is 0.381 e. The Labute approximate surface area is 118 Å². The molecule has 1 saturated carbocycles. The fraction of sp³-hybridized carbons (Fsp3) is 0.571.